The highest BCUT2D eigenvalue weighted by molar-refractivity contribution is 9.10. The second-order valence-electron chi connectivity index (χ2n) is 5.61. The van der Waals surface area contributed by atoms with Gasteiger partial charge in [-0.05, 0) is 42.0 Å². The fourth-order valence-corrected chi connectivity index (χ4v) is 2.73. The number of carbonyl (C=O) groups excluding carboxylic acids is 1. The maximum atomic E-state index is 12.0. The molecule has 0 aliphatic rings. The van der Waals surface area contributed by atoms with Crippen LogP contribution in [0.5, 0.6) is 23.0 Å². The highest BCUT2D eigenvalue weighted by Crippen LogP contribution is 2.38. The fraction of sp³-hybridized carbons (Fsp3) is 0.227. The highest BCUT2D eigenvalue weighted by Gasteiger charge is 2.12. The standard InChI is InChI=1S/C22H22BrNO5/c1-26-19-13-16(14-20(27-2)22(19)28-3)9-10-21(25)24-11-4-5-12-29-18-8-6-7-17(23)15-18/h6-10,13-15H,11-12H2,1-3H3,(H,24,25)/b10-9+. The van der Waals surface area contributed by atoms with E-state index in [1.54, 1.807) is 18.2 Å². The van der Waals surface area contributed by atoms with Gasteiger partial charge in [0.15, 0.2) is 11.5 Å². The minimum atomic E-state index is -0.263. The first-order chi connectivity index (χ1) is 14.1. The Kier molecular flexibility index (Phi) is 8.93. The summed E-state index contributed by atoms with van der Waals surface area (Å²) < 4.78 is 22.3. The van der Waals surface area contributed by atoms with Gasteiger partial charge in [0.1, 0.15) is 12.4 Å². The van der Waals surface area contributed by atoms with Crippen molar-refractivity contribution in [3.8, 4) is 34.8 Å². The smallest absolute Gasteiger partial charge is 0.244 e. The third-order valence-corrected chi connectivity index (χ3v) is 4.19. The van der Waals surface area contributed by atoms with Crippen molar-refractivity contribution >= 4 is 27.9 Å². The van der Waals surface area contributed by atoms with Crippen molar-refractivity contribution in [1.82, 2.24) is 5.32 Å². The second kappa shape index (κ2) is 11.7. The summed E-state index contributed by atoms with van der Waals surface area (Å²) in [6.45, 7) is 0.466. The molecule has 0 fully saturated rings. The van der Waals surface area contributed by atoms with E-state index in [1.165, 1.54) is 27.4 Å². The van der Waals surface area contributed by atoms with Gasteiger partial charge in [-0.25, -0.2) is 0 Å². The molecule has 0 saturated carbocycles. The third-order valence-electron chi connectivity index (χ3n) is 3.70. The van der Waals surface area contributed by atoms with E-state index in [1.807, 2.05) is 24.3 Å². The predicted octanol–water partition coefficient (Wildman–Crippen LogP) is 3.69. The summed E-state index contributed by atoms with van der Waals surface area (Å²) in [5, 5.41) is 2.69. The van der Waals surface area contributed by atoms with Crippen LogP contribution in [0.15, 0.2) is 46.9 Å². The number of amides is 1. The molecule has 152 valence electrons. The molecule has 0 radical (unpaired) electrons. The van der Waals surface area contributed by atoms with Gasteiger partial charge in [-0.3, -0.25) is 4.79 Å². The summed E-state index contributed by atoms with van der Waals surface area (Å²) in [5.74, 6) is 7.69. The summed E-state index contributed by atoms with van der Waals surface area (Å²) >= 11 is 3.38. The van der Waals surface area contributed by atoms with Gasteiger partial charge in [-0.15, -0.1) is 0 Å². The summed E-state index contributed by atoms with van der Waals surface area (Å²) in [6, 6.07) is 11.0. The minimum absolute atomic E-state index is 0.222. The van der Waals surface area contributed by atoms with Crippen molar-refractivity contribution in [2.45, 2.75) is 0 Å². The molecule has 1 amide bonds. The summed E-state index contributed by atoms with van der Waals surface area (Å²) in [7, 11) is 4.61. The van der Waals surface area contributed by atoms with E-state index in [0.29, 0.717) is 17.2 Å². The Bertz CT molecular complexity index is 905. The van der Waals surface area contributed by atoms with Crippen LogP contribution in [0, 0.1) is 11.8 Å². The first kappa shape index (κ1) is 22.2. The highest BCUT2D eigenvalue weighted by atomic mass is 79.9. The van der Waals surface area contributed by atoms with E-state index in [2.05, 4.69) is 33.1 Å². The number of ether oxygens (including phenoxy) is 4. The van der Waals surface area contributed by atoms with E-state index in [0.717, 1.165) is 15.8 Å². The Morgan fingerprint density at radius 3 is 2.41 bits per heavy atom. The van der Waals surface area contributed by atoms with Crippen molar-refractivity contribution in [2.75, 3.05) is 34.5 Å². The molecule has 0 bridgehead atoms. The van der Waals surface area contributed by atoms with Crippen LogP contribution in [-0.2, 0) is 4.79 Å². The average Bonchev–Trinajstić information content (AvgIpc) is 2.73. The molecule has 2 aromatic rings. The van der Waals surface area contributed by atoms with Crippen molar-refractivity contribution in [1.29, 1.82) is 0 Å². The number of methoxy groups -OCH3 is 3. The van der Waals surface area contributed by atoms with Crippen LogP contribution in [0.1, 0.15) is 5.56 Å². The zero-order valence-electron chi connectivity index (χ0n) is 16.5. The van der Waals surface area contributed by atoms with Crippen LogP contribution in [0.25, 0.3) is 6.08 Å². The lowest BCUT2D eigenvalue weighted by Crippen LogP contribution is -2.21. The number of hydrogen-bond donors (Lipinski definition) is 1. The van der Waals surface area contributed by atoms with Gasteiger partial charge >= 0.3 is 0 Å². The summed E-state index contributed by atoms with van der Waals surface area (Å²) in [4.78, 5) is 12.0. The molecule has 0 aliphatic carbocycles. The lowest BCUT2D eigenvalue weighted by Gasteiger charge is -2.12. The number of benzene rings is 2. The van der Waals surface area contributed by atoms with Crippen LogP contribution in [-0.4, -0.2) is 40.4 Å². The summed E-state index contributed by atoms with van der Waals surface area (Å²) in [5.41, 5.74) is 0.739. The van der Waals surface area contributed by atoms with Gasteiger partial charge in [0.25, 0.3) is 0 Å². The SMILES string of the molecule is COc1cc(/C=C/C(=O)NCC#CCOc2cccc(Br)c2)cc(OC)c1OC. The molecular formula is C22H22BrNO5. The van der Waals surface area contributed by atoms with E-state index >= 15 is 0 Å². The maximum Gasteiger partial charge on any atom is 0.244 e. The van der Waals surface area contributed by atoms with Gasteiger partial charge in [-0.1, -0.05) is 33.8 Å². The van der Waals surface area contributed by atoms with Crippen molar-refractivity contribution in [3.63, 3.8) is 0 Å². The minimum Gasteiger partial charge on any atom is -0.493 e. The van der Waals surface area contributed by atoms with Crippen molar-refractivity contribution < 1.29 is 23.7 Å². The largest absolute Gasteiger partial charge is 0.493 e. The fourth-order valence-electron chi connectivity index (χ4n) is 2.35. The number of nitrogens with one attached hydrogen (secondary N) is 1. The van der Waals surface area contributed by atoms with Gasteiger partial charge < -0.3 is 24.3 Å². The molecule has 6 nitrogen and oxygen atoms in total. The number of halogens is 1. The molecule has 2 aromatic carbocycles. The first-order valence-corrected chi connectivity index (χ1v) is 9.46. The maximum absolute atomic E-state index is 12.0. The normalized spacial score (nSPS) is 10.1. The molecule has 1 N–H and O–H groups in total. The number of carbonyl (C=O) groups is 1. The molecule has 0 atom stereocenters. The number of rotatable bonds is 8. The predicted molar refractivity (Wildman–Crippen MR) is 116 cm³/mol. The van der Waals surface area contributed by atoms with Crippen LogP contribution in [0.4, 0.5) is 0 Å². The van der Waals surface area contributed by atoms with E-state index in [4.69, 9.17) is 18.9 Å². The quantitative estimate of drug-likeness (QED) is 0.481. The third kappa shape index (κ3) is 7.09. The summed E-state index contributed by atoms with van der Waals surface area (Å²) in [6.07, 6.45) is 3.07. The lowest BCUT2D eigenvalue weighted by molar-refractivity contribution is -0.116. The van der Waals surface area contributed by atoms with Gasteiger partial charge in [0, 0.05) is 10.5 Å². The van der Waals surface area contributed by atoms with E-state index < -0.39 is 0 Å². The molecule has 0 unspecified atom stereocenters. The molecule has 0 spiro atoms. The Morgan fingerprint density at radius 2 is 1.79 bits per heavy atom. The van der Waals surface area contributed by atoms with Gasteiger partial charge in [0.05, 0.1) is 27.9 Å². The van der Waals surface area contributed by atoms with Gasteiger partial charge in [0.2, 0.25) is 11.7 Å². The van der Waals surface area contributed by atoms with Crippen LogP contribution < -0.4 is 24.3 Å². The molecule has 7 heteroatoms. The molecule has 2 rings (SSSR count). The zero-order valence-corrected chi connectivity index (χ0v) is 18.0. The average molecular weight is 460 g/mol. The molecule has 0 saturated heterocycles. The van der Waals surface area contributed by atoms with Crippen LogP contribution >= 0.6 is 15.9 Å². The van der Waals surface area contributed by atoms with Gasteiger partial charge in [-0.2, -0.15) is 0 Å². The second-order valence-corrected chi connectivity index (χ2v) is 6.53. The van der Waals surface area contributed by atoms with Crippen LogP contribution in [0.3, 0.4) is 0 Å². The molecule has 29 heavy (non-hydrogen) atoms. The number of hydrogen-bond acceptors (Lipinski definition) is 5. The van der Waals surface area contributed by atoms with E-state index in [9.17, 15) is 4.79 Å². The Balaban J connectivity index is 1.84. The Morgan fingerprint density at radius 1 is 1.07 bits per heavy atom. The Hall–Kier alpha value is -3.11. The molecular weight excluding hydrogens is 438 g/mol. The topological polar surface area (TPSA) is 66.0 Å². The lowest BCUT2D eigenvalue weighted by atomic mass is 10.1. The first-order valence-electron chi connectivity index (χ1n) is 8.67. The molecule has 0 heterocycles. The van der Waals surface area contributed by atoms with Crippen LogP contribution in [0.2, 0.25) is 0 Å². The molecule has 0 aromatic heterocycles. The molecule has 0 aliphatic heterocycles. The monoisotopic (exact) mass is 459 g/mol. The van der Waals surface area contributed by atoms with Crippen molar-refractivity contribution in [2.24, 2.45) is 0 Å². The Labute approximate surface area is 178 Å². The van der Waals surface area contributed by atoms with Crippen molar-refractivity contribution in [3.05, 3.63) is 52.5 Å². The van der Waals surface area contributed by atoms with E-state index in [-0.39, 0.29) is 19.1 Å². The zero-order chi connectivity index (χ0) is 21.1.